The van der Waals surface area contributed by atoms with E-state index in [0.29, 0.717) is 23.0 Å². The summed E-state index contributed by atoms with van der Waals surface area (Å²) >= 11 is 11.9. The van der Waals surface area contributed by atoms with Gasteiger partial charge in [-0.05, 0) is 43.6 Å². The third kappa shape index (κ3) is 4.97. The average molecular weight is 315 g/mol. The lowest BCUT2D eigenvalue weighted by atomic mass is 10.1. The lowest BCUT2D eigenvalue weighted by molar-refractivity contribution is -0.120. The van der Waals surface area contributed by atoms with Crippen molar-refractivity contribution in [1.29, 1.82) is 0 Å². The molecule has 2 rings (SSSR count). The third-order valence-electron chi connectivity index (χ3n) is 3.57. The Morgan fingerprint density at radius 3 is 2.65 bits per heavy atom. The van der Waals surface area contributed by atoms with Crippen molar-refractivity contribution in [2.24, 2.45) is 0 Å². The Kier molecular flexibility index (Phi) is 6.14. The Labute approximate surface area is 130 Å². The van der Waals surface area contributed by atoms with Crippen molar-refractivity contribution in [3.8, 4) is 0 Å². The largest absolute Gasteiger partial charge is 0.355 e. The SMILES string of the molecule is O=C(Cc1ccc(Cl)cc1Cl)NCCN1CCCCC1. The number of nitrogens with zero attached hydrogens (tertiary/aromatic N) is 1. The highest BCUT2D eigenvalue weighted by Gasteiger charge is 2.11. The third-order valence-corrected chi connectivity index (χ3v) is 4.15. The van der Waals surface area contributed by atoms with E-state index >= 15 is 0 Å². The minimum absolute atomic E-state index is 0.00577. The molecular weight excluding hydrogens is 295 g/mol. The van der Waals surface area contributed by atoms with Crippen LogP contribution in [0.4, 0.5) is 0 Å². The van der Waals surface area contributed by atoms with Crippen LogP contribution < -0.4 is 5.32 Å². The molecule has 20 heavy (non-hydrogen) atoms. The lowest BCUT2D eigenvalue weighted by Crippen LogP contribution is -2.38. The van der Waals surface area contributed by atoms with Crippen molar-refractivity contribution >= 4 is 29.1 Å². The van der Waals surface area contributed by atoms with E-state index < -0.39 is 0 Å². The van der Waals surface area contributed by atoms with Crippen LogP contribution in [0.2, 0.25) is 10.0 Å². The summed E-state index contributed by atoms with van der Waals surface area (Å²) < 4.78 is 0. The zero-order valence-electron chi connectivity index (χ0n) is 11.5. The first-order valence-corrected chi connectivity index (χ1v) is 7.84. The Balaban J connectivity index is 1.72. The van der Waals surface area contributed by atoms with Crippen LogP contribution in [0.1, 0.15) is 24.8 Å². The number of amides is 1. The van der Waals surface area contributed by atoms with E-state index in [1.54, 1.807) is 18.2 Å². The van der Waals surface area contributed by atoms with Gasteiger partial charge in [-0.25, -0.2) is 0 Å². The topological polar surface area (TPSA) is 32.3 Å². The van der Waals surface area contributed by atoms with Crippen molar-refractivity contribution in [1.82, 2.24) is 10.2 Å². The number of rotatable bonds is 5. The van der Waals surface area contributed by atoms with E-state index in [2.05, 4.69) is 10.2 Å². The Morgan fingerprint density at radius 1 is 1.20 bits per heavy atom. The van der Waals surface area contributed by atoms with E-state index in [4.69, 9.17) is 23.2 Å². The number of carbonyl (C=O) groups excluding carboxylic acids is 1. The molecule has 1 aliphatic rings. The highest BCUT2D eigenvalue weighted by molar-refractivity contribution is 6.35. The van der Waals surface area contributed by atoms with E-state index in [1.807, 2.05) is 0 Å². The predicted octanol–water partition coefficient (Wildman–Crippen LogP) is 3.14. The molecule has 1 amide bonds. The maximum atomic E-state index is 11.9. The van der Waals surface area contributed by atoms with E-state index in [1.165, 1.54) is 19.3 Å². The van der Waals surface area contributed by atoms with Crippen molar-refractivity contribution in [3.05, 3.63) is 33.8 Å². The number of benzene rings is 1. The first-order valence-electron chi connectivity index (χ1n) is 7.08. The molecule has 0 saturated carbocycles. The summed E-state index contributed by atoms with van der Waals surface area (Å²) in [4.78, 5) is 14.3. The molecule has 5 heteroatoms. The van der Waals surface area contributed by atoms with Gasteiger partial charge in [0.2, 0.25) is 5.91 Å². The number of piperidine rings is 1. The monoisotopic (exact) mass is 314 g/mol. The summed E-state index contributed by atoms with van der Waals surface area (Å²) in [6, 6.07) is 5.22. The van der Waals surface area contributed by atoms with Crippen LogP contribution in [0.5, 0.6) is 0 Å². The number of carbonyl (C=O) groups is 1. The fourth-order valence-electron chi connectivity index (χ4n) is 2.44. The number of hydrogen-bond acceptors (Lipinski definition) is 2. The molecule has 3 nitrogen and oxygen atoms in total. The van der Waals surface area contributed by atoms with Gasteiger partial charge in [0.1, 0.15) is 0 Å². The maximum absolute atomic E-state index is 11.9. The molecule has 1 saturated heterocycles. The predicted molar refractivity (Wildman–Crippen MR) is 83.5 cm³/mol. The van der Waals surface area contributed by atoms with Crippen LogP contribution in [-0.2, 0) is 11.2 Å². The quantitative estimate of drug-likeness (QED) is 0.905. The van der Waals surface area contributed by atoms with Crippen LogP contribution in [-0.4, -0.2) is 37.0 Å². The highest BCUT2D eigenvalue weighted by atomic mass is 35.5. The summed E-state index contributed by atoms with van der Waals surface area (Å²) in [5.74, 6) is 0.00577. The number of nitrogens with one attached hydrogen (secondary N) is 1. The minimum Gasteiger partial charge on any atom is -0.355 e. The van der Waals surface area contributed by atoms with Gasteiger partial charge in [-0.1, -0.05) is 35.7 Å². The van der Waals surface area contributed by atoms with Gasteiger partial charge >= 0.3 is 0 Å². The summed E-state index contributed by atoms with van der Waals surface area (Å²) in [5, 5.41) is 4.08. The molecule has 0 unspecified atom stereocenters. The van der Waals surface area contributed by atoms with Crippen LogP contribution in [0.3, 0.4) is 0 Å². The van der Waals surface area contributed by atoms with E-state index in [0.717, 1.165) is 25.2 Å². The average Bonchev–Trinajstić information content (AvgIpc) is 2.43. The summed E-state index contributed by atoms with van der Waals surface area (Å²) in [5.41, 5.74) is 0.812. The van der Waals surface area contributed by atoms with Crippen molar-refractivity contribution in [3.63, 3.8) is 0 Å². The minimum atomic E-state index is 0.00577. The molecule has 0 aromatic heterocycles. The summed E-state index contributed by atoms with van der Waals surface area (Å²) in [6.45, 7) is 3.93. The van der Waals surface area contributed by atoms with Gasteiger partial charge in [0.05, 0.1) is 6.42 Å². The second-order valence-electron chi connectivity index (χ2n) is 5.16. The molecule has 0 aliphatic carbocycles. The van der Waals surface area contributed by atoms with Crippen LogP contribution in [0.15, 0.2) is 18.2 Å². The fourth-order valence-corrected chi connectivity index (χ4v) is 2.91. The maximum Gasteiger partial charge on any atom is 0.224 e. The van der Waals surface area contributed by atoms with Crippen LogP contribution in [0, 0.1) is 0 Å². The highest BCUT2D eigenvalue weighted by Crippen LogP contribution is 2.21. The van der Waals surface area contributed by atoms with Crippen molar-refractivity contribution in [2.45, 2.75) is 25.7 Å². The molecule has 1 heterocycles. The van der Waals surface area contributed by atoms with Gasteiger partial charge in [-0.15, -0.1) is 0 Å². The zero-order valence-corrected chi connectivity index (χ0v) is 13.0. The van der Waals surface area contributed by atoms with Crippen molar-refractivity contribution < 1.29 is 4.79 Å². The van der Waals surface area contributed by atoms with Crippen LogP contribution in [0.25, 0.3) is 0 Å². The molecular formula is C15H20Cl2N2O. The van der Waals surface area contributed by atoms with Crippen molar-refractivity contribution in [2.75, 3.05) is 26.2 Å². The van der Waals surface area contributed by atoms with Gasteiger partial charge < -0.3 is 10.2 Å². The Bertz CT molecular complexity index is 459. The van der Waals surface area contributed by atoms with E-state index in [-0.39, 0.29) is 5.91 Å². The van der Waals surface area contributed by atoms with Gasteiger partial charge in [0.15, 0.2) is 0 Å². The second-order valence-corrected chi connectivity index (χ2v) is 6.01. The molecule has 1 aromatic carbocycles. The number of halogens is 2. The first-order chi connectivity index (χ1) is 9.65. The van der Waals surface area contributed by atoms with Gasteiger partial charge in [-0.2, -0.15) is 0 Å². The normalized spacial score (nSPS) is 16.1. The molecule has 0 radical (unpaired) electrons. The second kappa shape index (κ2) is 7.87. The first kappa shape index (κ1) is 15.6. The molecule has 1 fully saturated rings. The summed E-state index contributed by atoms with van der Waals surface area (Å²) in [6.07, 6.45) is 4.18. The van der Waals surface area contributed by atoms with E-state index in [9.17, 15) is 4.79 Å². The number of likely N-dealkylation sites (tertiary alicyclic amines) is 1. The summed E-state index contributed by atoms with van der Waals surface area (Å²) in [7, 11) is 0. The standard InChI is InChI=1S/C15H20Cl2N2O/c16-13-5-4-12(14(17)11-13)10-15(20)18-6-9-19-7-2-1-3-8-19/h4-5,11H,1-3,6-10H2,(H,18,20). The fraction of sp³-hybridized carbons (Fsp3) is 0.533. The molecule has 1 N–H and O–H groups in total. The molecule has 1 aliphatic heterocycles. The molecule has 1 aromatic rings. The molecule has 0 bridgehead atoms. The zero-order chi connectivity index (χ0) is 14.4. The van der Waals surface area contributed by atoms with Gasteiger partial charge in [-0.3, -0.25) is 4.79 Å². The smallest absolute Gasteiger partial charge is 0.224 e. The molecule has 0 spiro atoms. The Hall–Kier alpha value is -0.770. The van der Waals surface area contributed by atoms with Gasteiger partial charge in [0.25, 0.3) is 0 Å². The van der Waals surface area contributed by atoms with Gasteiger partial charge in [0, 0.05) is 23.1 Å². The molecule has 110 valence electrons. The van der Waals surface area contributed by atoms with Crippen LogP contribution >= 0.6 is 23.2 Å². The number of hydrogen-bond donors (Lipinski definition) is 1. The molecule has 0 atom stereocenters. The Morgan fingerprint density at radius 2 is 1.95 bits per heavy atom. The lowest BCUT2D eigenvalue weighted by Gasteiger charge is -2.26.